The van der Waals surface area contributed by atoms with Crippen LogP contribution in [0, 0.1) is 0 Å². The topological polar surface area (TPSA) is 98.9 Å². The van der Waals surface area contributed by atoms with Crippen molar-refractivity contribution in [3.05, 3.63) is 71.1 Å². The summed E-state index contributed by atoms with van der Waals surface area (Å²) >= 11 is 0. The Balaban J connectivity index is 2.44. The summed E-state index contributed by atoms with van der Waals surface area (Å²) in [5.74, 6) is -2.59. The number of rotatable bonds is 5. The van der Waals surface area contributed by atoms with Crippen LogP contribution in [0.25, 0.3) is 0 Å². The van der Waals surface area contributed by atoms with E-state index in [1.54, 1.807) is 11.1 Å². The van der Waals surface area contributed by atoms with E-state index in [9.17, 15) is 14.4 Å². The Morgan fingerprint density at radius 3 is 2.16 bits per heavy atom. The molecule has 0 radical (unpaired) electrons. The van der Waals surface area contributed by atoms with E-state index in [0.29, 0.717) is 6.54 Å². The van der Waals surface area contributed by atoms with E-state index >= 15 is 0 Å². The van der Waals surface area contributed by atoms with E-state index in [1.807, 2.05) is 30.3 Å². The Morgan fingerprint density at radius 2 is 1.64 bits per heavy atom. The van der Waals surface area contributed by atoms with Crippen LogP contribution in [-0.4, -0.2) is 37.0 Å². The number of carbonyl (C=O) groups is 3. The minimum absolute atomic E-state index is 0.0178. The van der Waals surface area contributed by atoms with Gasteiger partial charge in [0, 0.05) is 24.5 Å². The summed E-state index contributed by atoms with van der Waals surface area (Å²) in [5, 5.41) is 0. The van der Waals surface area contributed by atoms with Crippen LogP contribution in [0.3, 0.4) is 0 Å². The highest BCUT2D eigenvalue weighted by molar-refractivity contribution is 6.17. The molecule has 1 amide bonds. The molecule has 2 rings (SSSR count). The Labute approximate surface area is 145 Å². The summed E-state index contributed by atoms with van der Waals surface area (Å²) in [6, 6.07) is 9.58. The lowest BCUT2D eigenvalue weighted by Gasteiger charge is -2.23. The first-order valence-electron chi connectivity index (χ1n) is 7.38. The molecule has 1 heterocycles. The summed E-state index contributed by atoms with van der Waals surface area (Å²) in [4.78, 5) is 37.5. The van der Waals surface area contributed by atoms with Gasteiger partial charge in [-0.2, -0.15) is 0 Å². The Hall–Kier alpha value is -3.35. The number of nitrogens with two attached hydrogens (primary N) is 1. The monoisotopic (exact) mass is 342 g/mol. The number of hydrogen-bond donors (Lipinski definition) is 1. The van der Waals surface area contributed by atoms with Gasteiger partial charge in [0.1, 0.15) is 0 Å². The zero-order chi connectivity index (χ0) is 18.4. The Morgan fingerprint density at radius 1 is 1.04 bits per heavy atom. The number of nitrogens with zero attached hydrogens (tertiary/aromatic N) is 1. The minimum Gasteiger partial charge on any atom is -0.465 e. The number of carbonyl (C=O) groups excluding carboxylic acids is 3. The van der Waals surface area contributed by atoms with Crippen molar-refractivity contribution in [3.63, 3.8) is 0 Å². The van der Waals surface area contributed by atoms with Crippen molar-refractivity contribution < 1.29 is 23.9 Å². The molecule has 0 atom stereocenters. The van der Waals surface area contributed by atoms with Crippen LogP contribution < -0.4 is 5.73 Å². The van der Waals surface area contributed by atoms with Crippen LogP contribution in [0.15, 0.2) is 65.5 Å². The maximum Gasteiger partial charge on any atom is 0.345 e. The van der Waals surface area contributed by atoms with Gasteiger partial charge in [-0.3, -0.25) is 4.79 Å². The highest BCUT2D eigenvalue weighted by atomic mass is 16.5. The van der Waals surface area contributed by atoms with Gasteiger partial charge >= 0.3 is 11.9 Å². The van der Waals surface area contributed by atoms with E-state index in [0.717, 1.165) is 19.8 Å². The maximum atomic E-state index is 11.9. The summed E-state index contributed by atoms with van der Waals surface area (Å²) in [5.41, 5.74) is 6.14. The third-order valence-corrected chi connectivity index (χ3v) is 3.54. The number of ether oxygens (including phenoxy) is 2. The largest absolute Gasteiger partial charge is 0.465 e. The maximum absolute atomic E-state index is 11.9. The van der Waals surface area contributed by atoms with Crippen LogP contribution in [0.1, 0.15) is 5.56 Å². The normalized spacial score (nSPS) is 13.1. The first kappa shape index (κ1) is 18.0. The number of amides is 1. The van der Waals surface area contributed by atoms with Crippen LogP contribution in [0.5, 0.6) is 0 Å². The van der Waals surface area contributed by atoms with Gasteiger partial charge in [-0.25, -0.2) is 9.59 Å². The zero-order valence-corrected chi connectivity index (χ0v) is 13.9. The van der Waals surface area contributed by atoms with Crippen LogP contribution in [-0.2, 0) is 30.4 Å². The predicted octanol–water partition coefficient (Wildman–Crippen LogP) is 1.03. The number of hydrogen-bond acceptors (Lipinski definition) is 6. The van der Waals surface area contributed by atoms with Crippen molar-refractivity contribution in [3.8, 4) is 0 Å². The number of primary amides is 1. The van der Waals surface area contributed by atoms with Gasteiger partial charge in [-0.15, -0.1) is 0 Å². The molecule has 0 fully saturated rings. The van der Waals surface area contributed by atoms with Crippen molar-refractivity contribution in [2.75, 3.05) is 14.2 Å². The third-order valence-electron chi connectivity index (χ3n) is 3.54. The fourth-order valence-electron chi connectivity index (χ4n) is 2.35. The van der Waals surface area contributed by atoms with Crippen molar-refractivity contribution in [2.45, 2.75) is 6.54 Å². The molecule has 0 unspecified atom stereocenters. The lowest BCUT2D eigenvalue weighted by Crippen LogP contribution is -2.26. The van der Waals surface area contributed by atoms with E-state index in [-0.39, 0.29) is 16.7 Å². The second kappa shape index (κ2) is 7.96. The Bertz CT molecular complexity index is 760. The summed E-state index contributed by atoms with van der Waals surface area (Å²) in [7, 11) is 2.27. The molecular formula is C18H18N2O5. The lowest BCUT2D eigenvalue weighted by molar-refractivity contribution is -0.144. The first-order valence-corrected chi connectivity index (χ1v) is 7.38. The smallest absolute Gasteiger partial charge is 0.345 e. The zero-order valence-electron chi connectivity index (χ0n) is 13.9. The second-order valence-electron chi connectivity index (χ2n) is 5.15. The fraction of sp³-hybridized carbons (Fsp3) is 0.167. The molecule has 7 nitrogen and oxygen atoms in total. The summed E-state index contributed by atoms with van der Waals surface area (Å²) in [6.45, 7) is 0.493. The van der Waals surface area contributed by atoms with Crippen molar-refractivity contribution in [2.24, 2.45) is 5.73 Å². The summed E-state index contributed by atoms with van der Waals surface area (Å²) < 4.78 is 9.23. The molecule has 0 aliphatic carbocycles. The van der Waals surface area contributed by atoms with E-state index in [2.05, 4.69) is 9.47 Å². The standard InChI is InChI=1S/C18H18N2O5/c1-24-17(22)15(18(23)25-2)13-8-9-20(11-14(13)16(19)21)10-12-6-4-3-5-7-12/h3-9,11H,10H2,1-2H3,(H2,19,21). The number of esters is 2. The molecule has 2 N–H and O–H groups in total. The summed E-state index contributed by atoms with van der Waals surface area (Å²) in [6.07, 6.45) is 4.59. The molecule has 1 aromatic rings. The predicted molar refractivity (Wildman–Crippen MR) is 89.5 cm³/mol. The van der Waals surface area contributed by atoms with E-state index < -0.39 is 17.8 Å². The fourth-order valence-corrected chi connectivity index (χ4v) is 2.35. The van der Waals surface area contributed by atoms with Crippen LogP contribution in [0.2, 0.25) is 0 Å². The van der Waals surface area contributed by atoms with Gasteiger partial charge in [0.05, 0.1) is 19.8 Å². The highest BCUT2D eigenvalue weighted by Crippen LogP contribution is 2.24. The average molecular weight is 342 g/mol. The van der Waals surface area contributed by atoms with Gasteiger partial charge in [-0.1, -0.05) is 30.3 Å². The number of benzene rings is 1. The van der Waals surface area contributed by atoms with Gasteiger partial charge in [0.2, 0.25) is 0 Å². The molecule has 0 bridgehead atoms. The van der Waals surface area contributed by atoms with Crippen LogP contribution >= 0.6 is 0 Å². The third kappa shape index (κ3) is 4.14. The van der Waals surface area contributed by atoms with Gasteiger partial charge in [-0.05, 0) is 11.6 Å². The molecule has 0 saturated heterocycles. The molecule has 0 aromatic heterocycles. The average Bonchev–Trinajstić information content (AvgIpc) is 2.63. The molecule has 130 valence electrons. The molecule has 7 heteroatoms. The molecule has 0 saturated carbocycles. The van der Waals surface area contributed by atoms with Crippen molar-refractivity contribution in [1.82, 2.24) is 4.90 Å². The van der Waals surface area contributed by atoms with Gasteiger partial charge in [0.15, 0.2) is 5.57 Å². The van der Waals surface area contributed by atoms with Crippen LogP contribution in [0.4, 0.5) is 0 Å². The number of allylic oxidation sites excluding steroid dienone is 1. The van der Waals surface area contributed by atoms with Gasteiger partial charge in [0.25, 0.3) is 5.91 Å². The van der Waals surface area contributed by atoms with Crippen molar-refractivity contribution >= 4 is 17.8 Å². The van der Waals surface area contributed by atoms with Gasteiger partial charge < -0.3 is 20.1 Å². The van der Waals surface area contributed by atoms with E-state index in [1.165, 1.54) is 12.3 Å². The molecule has 1 aliphatic rings. The molecule has 1 aliphatic heterocycles. The molecule has 25 heavy (non-hydrogen) atoms. The lowest BCUT2D eigenvalue weighted by atomic mass is 9.97. The molecule has 0 spiro atoms. The first-order chi connectivity index (χ1) is 12.0. The second-order valence-corrected chi connectivity index (χ2v) is 5.15. The number of methoxy groups -OCH3 is 2. The quantitative estimate of drug-likeness (QED) is 0.371. The molecule has 1 aromatic carbocycles. The van der Waals surface area contributed by atoms with E-state index in [4.69, 9.17) is 5.73 Å². The SMILES string of the molecule is COC(=O)C(C(=O)OC)=C1C=CN(Cc2ccccc2)C=C1C(N)=O. The minimum atomic E-state index is -0.907. The highest BCUT2D eigenvalue weighted by Gasteiger charge is 2.29. The van der Waals surface area contributed by atoms with Crippen molar-refractivity contribution in [1.29, 1.82) is 0 Å². The molecular weight excluding hydrogens is 324 g/mol. The Kier molecular flexibility index (Phi) is 5.73.